The van der Waals surface area contributed by atoms with Gasteiger partial charge < -0.3 is 4.74 Å². The van der Waals surface area contributed by atoms with Gasteiger partial charge in [0.2, 0.25) is 0 Å². The molecule has 0 aliphatic heterocycles. The number of hydrogen-bond donors (Lipinski definition) is 0. The molecule has 0 radical (unpaired) electrons. The van der Waals surface area contributed by atoms with Gasteiger partial charge in [0.1, 0.15) is 0 Å². The zero-order valence-corrected chi connectivity index (χ0v) is 11.3. The summed E-state index contributed by atoms with van der Waals surface area (Å²) in [7, 11) is 0. The van der Waals surface area contributed by atoms with Gasteiger partial charge in [0, 0.05) is 16.7 Å². The molecule has 0 N–H and O–H groups in total. The monoisotopic (exact) mass is 320 g/mol. The van der Waals surface area contributed by atoms with Crippen LogP contribution in [0.1, 0.15) is 6.92 Å². The fourth-order valence-corrected chi connectivity index (χ4v) is 2.05. The second kappa shape index (κ2) is 6.55. The van der Waals surface area contributed by atoms with E-state index in [1.165, 1.54) is 12.3 Å². The van der Waals surface area contributed by atoms with Crippen molar-refractivity contribution in [3.05, 3.63) is 26.9 Å². The van der Waals surface area contributed by atoms with Gasteiger partial charge in [0.05, 0.1) is 17.3 Å². The number of nitro groups is 1. The predicted molar refractivity (Wildman–Crippen MR) is 65.9 cm³/mol. The molecule has 0 aromatic carbocycles. The number of halogens is 1. The lowest BCUT2D eigenvalue weighted by atomic mass is 10.4. The molecular weight excluding hydrogens is 312 g/mol. The SMILES string of the molecule is CCOC(=O)CSc1ncc(Br)cc1[N+](=O)[O-]. The highest BCUT2D eigenvalue weighted by atomic mass is 79.9. The van der Waals surface area contributed by atoms with Crippen LogP contribution >= 0.6 is 27.7 Å². The smallest absolute Gasteiger partial charge is 0.316 e. The Balaban J connectivity index is 2.77. The van der Waals surface area contributed by atoms with Gasteiger partial charge in [-0.25, -0.2) is 4.98 Å². The van der Waals surface area contributed by atoms with E-state index < -0.39 is 10.9 Å². The van der Waals surface area contributed by atoms with Gasteiger partial charge >= 0.3 is 11.7 Å². The minimum atomic E-state index is -0.536. The van der Waals surface area contributed by atoms with Crippen molar-refractivity contribution < 1.29 is 14.5 Å². The first-order valence-corrected chi connectivity index (χ1v) is 6.40. The molecule has 0 bridgehead atoms. The Hall–Kier alpha value is -1.15. The number of aromatic nitrogens is 1. The summed E-state index contributed by atoms with van der Waals surface area (Å²) in [5.41, 5.74) is -0.131. The molecule has 0 aliphatic carbocycles. The molecule has 8 heteroatoms. The predicted octanol–water partition coefficient (Wildman–Crippen LogP) is 2.41. The molecule has 1 aromatic heterocycles. The fourth-order valence-electron chi connectivity index (χ4n) is 0.988. The zero-order chi connectivity index (χ0) is 12.8. The van der Waals surface area contributed by atoms with Crippen molar-refractivity contribution in [2.24, 2.45) is 0 Å². The maximum Gasteiger partial charge on any atom is 0.316 e. The van der Waals surface area contributed by atoms with E-state index in [-0.39, 0.29) is 23.1 Å². The summed E-state index contributed by atoms with van der Waals surface area (Å²) in [6, 6.07) is 1.35. The Bertz CT molecular complexity index is 441. The molecule has 0 atom stereocenters. The number of thioether (sulfide) groups is 1. The molecule has 0 spiro atoms. The van der Waals surface area contributed by atoms with Gasteiger partial charge in [-0.15, -0.1) is 0 Å². The highest BCUT2D eigenvalue weighted by Crippen LogP contribution is 2.29. The average Bonchev–Trinajstić information content (AvgIpc) is 2.27. The number of carbonyl (C=O) groups is 1. The van der Waals surface area contributed by atoms with Gasteiger partial charge in [-0.1, -0.05) is 11.8 Å². The van der Waals surface area contributed by atoms with Crippen LogP contribution in [0.2, 0.25) is 0 Å². The lowest BCUT2D eigenvalue weighted by Crippen LogP contribution is -2.07. The van der Waals surface area contributed by atoms with Crippen molar-refractivity contribution in [3.8, 4) is 0 Å². The van der Waals surface area contributed by atoms with Crippen LogP contribution in [0.4, 0.5) is 5.69 Å². The quantitative estimate of drug-likeness (QED) is 0.358. The van der Waals surface area contributed by atoms with Crippen LogP contribution in [-0.2, 0) is 9.53 Å². The van der Waals surface area contributed by atoms with Crippen molar-refractivity contribution in [3.63, 3.8) is 0 Å². The van der Waals surface area contributed by atoms with E-state index in [1.807, 2.05) is 0 Å². The molecule has 1 aromatic rings. The Morgan fingerprint density at radius 3 is 3.00 bits per heavy atom. The number of hydrogen-bond acceptors (Lipinski definition) is 6. The highest BCUT2D eigenvalue weighted by Gasteiger charge is 2.17. The molecule has 17 heavy (non-hydrogen) atoms. The van der Waals surface area contributed by atoms with Crippen molar-refractivity contribution in [2.45, 2.75) is 11.9 Å². The first-order chi connectivity index (χ1) is 8.04. The largest absolute Gasteiger partial charge is 0.465 e. The van der Waals surface area contributed by atoms with E-state index >= 15 is 0 Å². The number of carbonyl (C=O) groups excluding carboxylic acids is 1. The number of rotatable bonds is 5. The van der Waals surface area contributed by atoms with Crippen molar-refractivity contribution in [1.82, 2.24) is 4.98 Å². The number of nitrogens with zero attached hydrogens (tertiary/aromatic N) is 2. The minimum absolute atomic E-state index is 0.00329. The minimum Gasteiger partial charge on any atom is -0.465 e. The molecule has 1 rings (SSSR count). The summed E-state index contributed by atoms with van der Waals surface area (Å²) in [6.07, 6.45) is 1.44. The topological polar surface area (TPSA) is 82.3 Å². The summed E-state index contributed by atoms with van der Waals surface area (Å²) in [4.78, 5) is 25.2. The molecule has 0 saturated heterocycles. The van der Waals surface area contributed by atoms with Crippen LogP contribution in [-0.4, -0.2) is 28.2 Å². The van der Waals surface area contributed by atoms with E-state index in [0.717, 1.165) is 11.8 Å². The van der Waals surface area contributed by atoms with Gasteiger partial charge in [0.25, 0.3) is 0 Å². The summed E-state index contributed by atoms with van der Waals surface area (Å²) in [6.45, 7) is 1.98. The first kappa shape index (κ1) is 13.9. The van der Waals surface area contributed by atoms with E-state index in [9.17, 15) is 14.9 Å². The van der Waals surface area contributed by atoms with Crippen LogP contribution in [0.15, 0.2) is 21.8 Å². The van der Waals surface area contributed by atoms with Crippen molar-refractivity contribution in [1.29, 1.82) is 0 Å². The second-order valence-electron chi connectivity index (χ2n) is 2.83. The first-order valence-electron chi connectivity index (χ1n) is 4.63. The summed E-state index contributed by atoms with van der Waals surface area (Å²) >= 11 is 4.09. The lowest BCUT2D eigenvalue weighted by molar-refractivity contribution is -0.388. The Labute approximate surface area is 110 Å². The molecule has 6 nitrogen and oxygen atoms in total. The molecule has 0 fully saturated rings. The van der Waals surface area contributed by atoms with Gasteiger partial charge in [-0.3, -0.25) is 14.9 Å². The molecule has 0 unspecified atom stereocenters. The Morgan fingerprint density at radius 2 is 2.41 bits per heavy atom. The standard InChI is InChI=1S/C9H9BrN2O4S/c1-2-16-8(13)5-17-9-7(12(14)15)3-6(10)4-11-9/h3-4H,2,5H2,1H3. The Morgan fingerprint density at radius 1 is 1.71 bits per heavy atom. The third-order valence-electron chi connectivity index (χ3n) is 1.63. The molecular formula is C9H9BrN2O4S. The third kappa shape index (κ3) is 4.31. The Kier molecular flexibility index (Phi) is 5.36. The molecule has 0 saturated carbocycles. The number of esters is 1. The lowest BCUT2D eigenvalue weighted by Gasteiger charge is -2.02. The number of ether oxygens (including phenoxy) is 1. The van der Waals surface area contributed by atoms with Crippen LogP contribution in [0.25, 0.3) is 0 Å². The maximum atomic E-state index is 11.1. The number of pyridine rings is 1. The van der Waals surface area contributed by atoms with E-state index in [2.05, 4.69) is 20.9 Å². The highest BCUT2D eigenvalue weighted by molar-refractivity contribution is 9.10. The van der Waals surface area contributed by atoms with Crippen LogP contribution in [0, 0.1) is 10.1 Å². The van der Waals surface area contributed by atoms with Gasteiger partial charge in [0.15, 0.2) is 5.03 Å². The summed E-state index contributed by atoms with van der Waals surface area (Å²) in [5, 5.41) is 11.0. The van der Waals surface area contributed by atoms with Gasteiger partial charge in [-0.2, -0.15) is 0 Å². The third-order valence-corrected chi connectivity index (χ3v) is 3.03. The van der Waals surface area contributed by atoms with Crippen molar-refractivity contribution >= 4 is 39.3 Å². The average molecular weight is 321 g/mol. The molecule has 92 valence electrons. The molecule has 0 amide bonds. The van der Waals surface area contributed by atoms with E-state index in [0.29, 0.717) is 4.47 Å². The van der Waals surface area contributed by atoms with Crippen LogP contribution in [0.3, 0.4) is 0 Å². The summed E-state index contributed by atoms with van der Waals surface area (Å²) < 4.78 is 5.24. The molecule has 0 aliphatic rings. The molecule has 1 heterocycles. The van der Waals surface area contributed by atoms with Gasteiger partial charge in [-0.05, 0) is 22.9 Å². The normalized spacial score (nSPS) is 10.0. The van der Waals surface area contributed by atoms with E-state index in [1.54, 1.807) is 6.92 Å². The fraction of sp³-hybridized carbons (Fsp3) is 0.333. The van der Waals surface area contributed by atoms with E-state index in [4.69, 9.17) is 4.74 Å². The zero-order valence-electron chi connectivity index (χ0n) is 8.88. The van der Waals surface area contributed by atoms with Crippen molar-refractivity contribution in [2.75, 3.05) is 12.4 Å². The van der Waals surface area contributed by atoms with Crippen LogP contribution < -0.4 is 0 Å². The summed E-state index contributed by atoms with van der Waals surface area (Å²) in [5.74, 6) is -0.417. The van der Waals surface area contributed by atoms with Crippen LogP contribution in [0.5, 0.6) is 0 Å². The second-order valence-corrected chi connectivity index (χ2v) is 4.71. The maximum absolute atomic E-state index is 11.1.